The van der Waals surface area contributed by atoms with Crippen molar-refractivity contribution >= 4 is 27.6 Å². The molecule has 1 heterocycles. The Hall–Kier alpha value is -2.71. The van der Waals surface area contributed by atoms with E-state index in [4.69, 9.17) is 0 Å². The summed E-state index contributed by atoms with van der Waals surface area (Å²) in [6.07, 6.45) is 1.94. The van der Waals surface area contributed by atoms with Crippen molar-refractivity contribution in [1.82, 2.24) is 4.31 Å². The van der Waals surface area contributed by atoms with E-state index in [1.165, 1.54) is 11.4 Å². The summed E-state index contributed by atoms with van der Waals surface area (Å²) in [6, 6.07) is 12.1. The van der Waals surface area contributed by atoms with Crippen molar-refractivity contribution in [3.63, 3.8) is 0 Å². The van der Waals surface area contributed by atoms with Crippen LogP contribution in [0.2, 0.25) is 0 Å². The number of methoxy groups -OCH3 is 1. The first-order chi connectivity index (χ1) is 13.8. The second-order valence-corrected chi connectivity index (χ2v) is 8.89. The van der Waals surface area contributed by atoms with Gasteiger partial charge in [0.25, 0.3) is 0 Å². The average Bonchev–Trinajstić information content (AvgIpc) is 2.74. The highest BCUT2D eigenvalue weighted by Crippen LogP contribution is 2.26. The van der Waals surface area contributed by atoms with E-state index in [-0.39, 0.29) is 10.8 Å². The molecule has 3 rings (SSSR count). The zero-order valence-corrected chi connectivity index (χ0v) is 17.2. The van der Waals surface area contributed by atoms with Gasteiger partial charge in [-0.15, -0.1) is 0 Å². The van der Waals surface area contributed by atoms with Crippen LogP contribution in [0.5, 0.6) is 0 Å². The summed E-state index contributed by atoms with van der Waals surface area (Å²) >= 11 is 0. The van der Waals surface area contributed by atoms with Gasteiger partial charge in [-0.25, -0.2) is 13.2 Å². The lowest BCUT2D eigenvalue weighted by atomic mass is 10.0. The predicted octanol–water partition coefficient (Wildman–Crippen LogP) is 2.96. The first-order valence-corrected chi connectivity index (χ1v) is 10.8. The molecule has 0 aromatic heterocycles. The number of esters is 1. The molecule has 1 aliphatic heterocycles. The molecule has 1 saturated heterocycles. The Morgan fingerprint density at radius 3 is 2.31 bits per heavy atom. The Kier molecular flexibility index (Phi) is 6.34. The van der Waals surface area contributed by atoms with Gasteiger partial charge in [-0.05, 0) is 56.2 Å². The molecular weight excluding hydrogens is 392 g/mol. The molecule has 1 atom stereocenters. The van der Waals surface area contributed by atoms with Crippen LogP contribution in [0.3, 0.4) is 0 Å². The SMILES string of the molecule is COC(=O)c1ccc(NC(=O)[C@H]2CCCCN2S(=O)(=O)c2ccc(C)cc2)cc1. The number of rotatable bonds is 5. The molecule has 0 unspecified atom stereocenters. The molecule has 0 radical (unpaired) electrons. The van der Waals surface area contributed by atoms with Gasteiger partial charge in [0.15, 0.2) is 0 Å². The monoisotopic (exact) mass is 416 g/mol. The van der Waals surface area contributed by atoms with E-state index in [0.29, 0.717) is 30.6 Å². The second kappa shape index (κ2) is 8.75. The number of carbonyl (C=O) groups excluding carboxylic acids is 2. The molecule has 2 aromatic rings. The number of amides is 1. The molecule has 1 amide bonds. The second-order valence-electron chi connectivity index (χ2n) is 7.00. The number of hydrogen-bond donors (Lipinski definition) is 1. The number of nitrogens with zero attached hydrogens (tertiary/aromatic N) is 1. The summed E-state index contributed by atoms with van der Waals surface area (Å²) in [5.41, 5.74) is 1.82. The van der Waals surface area contributed by atoms with Crippen molar-refractivity contribution in [3.05, 3.63) is 59.7 Å². The highest BCUT2D eigenvalue weighted by molar-refractivity contribution is 7.89. The van der Waals surface area contributed by atoms with Crippen LogP contribution in [0.25, 0.3) is 0 Å². The Bertz CT molecular complexity index is 985. The van der Waals surface area contributed by atoms with Gasteiger partial charge in [-0.2, -0.15) is 4.31 Å². The van der Waals surface area contributed by atoms with Crippen LogP contribution in [0.4, 0.5) is 5.69 Å². The molecule has 1 aliphatic rings. The summed E-state index contributed by atoms with van der Waals surface area (Å²) in [4.78, 5) is 24.6. The number of aryl methyl sites for hydroxylation is 1. The Labute approximate surface area is 170 Å². The molecular formula is C21H24N2O5S. The number of carbonyl (C=O) groups is 2. The molecule has 2 aromatic carbocycles. The largest absolute Gasteiger partial charge is 0.465 e. The van der Waals surface area contributed by atoms with Gasteiger partial charge in [0, 0.05) is 12.2 Å². The first-order valence-electron chi connectivity index (χ1n) is 9.40. The lowest BCUT2D eigenvalue weighted by Crippen LogP contribution is -2.49. The zero-order chi connectivity index (χ0) is 21.0. The third-order valence-electron chi connectivity index (χ3n) is 4.96. The van der Waals surface area contributed by atoms with Crippen LogP contribution < -0.4 is 5.32 Å². The van der Waals surface area contributed by atoms with E-state index in [1.807, 2.05) is 6.92 Å². The average molecular weight is 416 g/mol. The van der Waals surface area contributed by atoms with Gasteiger partial charge >= 0.3 is 5.97 Å². The van der Waals surface area contributed by atoms with Gasteiger partial charge in [0.1, 0.15) is 6.04 Å². The Morgan fingerprint density at radius 2 is 1.69 bits per heavy atom. The summed E-state index contributed by atoms with van der Waals surface area (Å²) < 4.78 is 32.2. The fourth-order valence-electron chi connectivity index (χ4n) is 3.33. The topological polar surface area (TPSA) is 92.8 Å². The smallest absolute Gasteiger partial charge is 0.337 e. The van der Waals surface area contributed by atoms with Gasteiger partial charge < -0.3 is 10.1 Å². The van der Waals surface area contributed by atoms with E-state index in [2.05, 4.69) is 10.1 Å². The van der Waals surface area contributed by atoms with Crippen molar-refractivity contribution in [2.75, 3.05) is 19.0 Å². The van der Waals surface area contributed by atoms with E-state index in [1.54, 1.807) is 48.5 Å². The highest BCUT2D eigenvalue weighted by Gasteiger charge is 2.37. The predicted molar refractivity (Wildman–Crippen MR) is 109 cm³/mol. The molecule has 154 valence electrons. The Morgan fingerprint density at radius 1 is 1.03 bits per heavy atom. The maximum absolute atomic E-state index is 13.1. The summed E-state index contributed by atoms with van der Waals surface area (Å²) in [5.74, 6) is -0.850. The molecule has 1 N–H and O–H groups in total. The number of ether oxygens (including phenoxy) is 1. The molecule has 8 heteroatoms. The van der Waals surface area contributed by atoms with Crippen molar-refractivity contribution in [1.29, 1.82) is 0 Å². The van der Waals surface area contributed by atoms with Crippen LogP contribution >= 0.6 is 0 Å². The number of anilines is 1. The van der Waals surface area contributed by atoms with Crippen molar-refractivity contribution < 1.29 is 22.7 Å². The minimum absolute atomic E-state index is 0.185. The van der Waals surface area contributed by atoms with Crippen LogP contribution in [0.15, 0.2) is 53.4 Å². The maximum atomic E-state index is 13.1. The molecule has 7 nitrogen and oxygen atoms in total. The highest BCUT2D eigenvalue weighted by atomic mass is 32.2. The number of benzene rings is 2. The third kappa shape index (κ3) is 4.65. The van der Waals surface area contributed by atoms with Crippen molar-refractivity contribution in [2.45, 2.75) is 37.1 Å². The van der Waals surface area contributed by atoms with Crippen LogP contribution in [-0.4, -0.2) is 44.3 Å². The molecule has 29 heavy (non-hydrogen) atoms. The van der Waals surface area contributed by atoms with Crippen LogP contribution in [0.1, 0.15) is 35.2 Å². The minimum atomic E-state index is -3.78. The van der Waals surface area contributed by atoms with Gasteiger partial charge in [0.2, 0.25) is 15.9 Å². The standard InChI is InChI=1S/C21H24N2O5S/c1-15-6-12-18(13-7-15)29(26,27)23-14-4-3-5-19(23)20(24)22-17-10-8-16(9-11-17)21(25)28-2/h6-13,19H,3-5,14H2,1-2H3,(H,22,24)/t19-/m1/s1. The lowest BCUT2D eigenvalue weighted by molar-refractivity contribution is -0.120. The van der Waals surface area contributed by atoms with E-state index >= 15 is 0 Å². The van der Waals surface area contributed by atoms with Crippen molar-refractivity contribution in [3.8, 4) is 0 Å². The number of sulfonamides is 1. The fourth-order valence-corrected chi connectivity index (χ4v) is 4.99. The third-order valence-corrected chi connectivity index (χ3v) is 6.88. The van der Waals surface area contributed by atoms with Gasteiger partial charge in [-0.1, -0.05) is 24.1 Å². The normalized spacial score (nSPS) is 17.5. The minimum Gasteiger partial charge on any atom is -0.465 e. The summed E-state index contributed by atoms with van der Waals surface area (Å²) in [7, 11) is -2.48. The number of hydrogen-bond acceptors (Lipinski definition) is 5. The zero-order valence-electron chi connectivity index (χ0n) is 16.4. The molecule has 0 aliphatic carbocycles. The van der Waals surface area contributed by atoms with Crippen LogP contribution in [0, 0.1) is 6.92 Å². The fraction of sp³-hybridized carbons (Fsp3) is 0.333. The molecule has 0 spiro atoms. The lowest BCUT2D eigenvalue weighted by Gasteiger charge is -2.33. The summed E-state index contributed by atoms with van der Waals surface area (Å²) in [6.45, 7) is 2.19. The maximum Gasteiger partial charge on any atom is 0.337 e. The van der Waals surface area contributed by atoms with Gasteiger partial charge in [0.05, 0.1) is 17.6 Å². The van der Waals surface area contributed by atoms with E-state index in [0.717, 1.165) is 12.0 Å². The quantitative estimate of drug-likeness (QED) is 0.757. The molecule has 0 bridgehead atoms. The van der Waals surface area contributed by atoms with E-state index in [9.17, 15) is 18.0 Å². The van der Waals surface area contributed by atoms with Crippen molar-refractivity contribution in [2.24, 2.45) is 0 Å². The Balaban J connectivity index is 1.79. The number of piperidine rings is 1. The van der Waals surface area contributed by atoms with Crippen LogP contribution in [-0.2, 0) is 19.6 Å². The first kappa shape index (κ1) is 21.0. The van der Waals surface area contributed by atoms with E-state index < -0.39 is 22.0 Å². The van der Waals surface area contributed by atoms with Gasteiger partial charge in [-0.3, -0.25) is 4.79 Å². The summed E-state index contributed by atoms with van der Waals surface area (Å²) in [5, 5.41) is 2.76. The molecule has 1 fully saturated rings. The molecule has 0 saturated carbocycles. The number of nitrogens with one attached hydrogen (secondary N) is 1.